The zero-order valence-electron chi connectivity index (χ0n) is 15.4. The smallest absolute Gasteiger partial charge is 0.231 e. The maximum atomic E-state index is 10.5. The molecule has 0 aliphatic heterocycles. The SMILES string of the molecule is OCC(CO)(CO)Cn1cc(-c2ccc(-c3nc4ccccc4o3)c(O)c2)nn1. The minimum absolute atomic E-state index is 0.0148. The number of para-hydroxylation sites is 2. The lowest BCUT2D eigenvalue weighted by molar-refractivity contribution is -0.00951. The van der Waals surface area contributed by atoms with E-state index in [0.29, 0.717) is 33.8 Å². The number of benzene rings is 2. The van der Waals surface area contributed by atoms with Gasteiger partial charge in [-0.05, 0) is 24.3 Å². The molecular weight excluding hydrogens is 376 g/mol. The molecule has 150 valence electrons. The van der Waals surface area contributed by atoms with Crippen LogP contribution in [0.1, 0.15) is 0 Å². The van der Waals surface area contributed by atoms with Crippen LogP contribution in [0.4, 0.5) is 0 Å². The van der Waals surface area contributed by atoms with Gasteiger partial charge >= 0.3 is 0 Å². The van der Waals surface area contributed by atoms with E-state index in [4.69, 9.17) is 4.42 Å². The molecule has 0 spiro atoms. The van der Waals surface area contributed by atoms with Gasteiger partial charge in [0.1, 0.15) is 17.0 Å². The quantitative estimate of drug-likeness (QED) is 0.368. The lowest BCUT2D eigenvalue weighted by atomic mass is 9.91. The summed E-state index contributed by atoms with van der Waals surface area (Å²) in [6.45, 7) is -1.09. The summed E-state index contributed by atoms with van der Waals surface area (Å²) in [7, 11) is 0. The van der Waals surface area contributed by atoms with Gasteiger partial charge in [-0.1, -0.05) is 23.4 Å². The fourth-order valence-corrected chi connectivity index (χ4v) is 3.01. The van der Waals surface area contributed by atoms with Crippen LogP contribution in [0.15, 0.2) is 53.1 Å². The van der Waals surface area contributed by atoms with E-state index in [2.05, 4.69) is 15.3 Å². The predicted octanol–water partition coefficient (Wildman–Crippen LogP) is 1.42. The topological polar surface area (TPSA) is 138 Å². The molecule has 29 heavy (non-hydrogen) atoms. The maximum Gasteiger partial charge on any atom is 0.231 e. The Balaban J connectivity index is 1.61. The lowest BCUT2D eigenvalue weighted by Crippen LogP contribution is -2.38. The third kappa shape index (κ3) is 3.58. The third-order valence-electron chi connectivity index (χ3n) is 4.86. The first-order chi connectivity index (χ1) is 14.1. The monoisotopic (exact) mass is 396 g/mol. The van der Waals surface area contributed by atoms with E-state index in [0.717, 1.165) is 0 Å². The van der Waals surface area contributed by atoms with E-state index < -0.39 is 25.2 Å². The average Bonchev–Trinajstić information content (AvgIpc) is 3.39. The van der Waals surface area contributed by atoms with Crippen molar-refractivity contribution in [1.29, 1.82) is 0 Å². The van der Waals surface area contributed by atoms with Crippen molar-refractivity contribution < 1.29 is 24.8 Å². The highest BCUT2D eigenvalue weighted by atomic mass is 16.3. The van der Waals surface area contributed by atoms with Crippen LogP contribution in [0.2, 0.25) is 0 Å². The van der Waals surface area contributed by atoms with Crippen LogP contribution in [0.3, 0.4) is 0 Å². The summed E-state index contributed by atoms with van der Waals surface area (Å²) in [6, 6.07) is 12.3. The van der Waals surface area contributed by atoms with Crippen molar-refractivity contribution in [3.8, 4) is 28.5 Å². The highest BCUT2D eigenvalue weighted by Crippen LogP contribution is 2.34. The largest absolute Gasteiger partial charge is 0.507 e. The predicted molar refractivity (Wildman–Crippen MR) is 104 cm³/mol. The first-order valence-corrected chi connectivity index (χ1v) is 8.99. The molecule has 2 aromatic heterocycles. The van der Waals surface area contributed by atoms with Gasteiger partial charge in [-0.15, -0.1) is 5.10 Å². The molecule has 9 heteroatoms. The van der Waals surface area contributed by atoms with Gasteiger partial charge in [-0.25, -0.2) is 4.98 Å². The van der Waals surface area contributed by atoms with E-state index in [1.54, 1.807) is 24.4 Å². The van der Waals surface area contributed by atoms with Gasteiger partial charge in [0.15, 0.2) is 5.58 Å². The van der Waals surface area contributed by atoms with E-state index in [1.165, 1.54) is 10.7 Å². The number of phenolic OH excluding ortho intramolecular Hbond substituents is 1. The van der Waals surface area contributed by atoms with Crippen molar-refractivity contribution in [2.75, 3.05) is 19.8 Å². The van der Waals surface area contributed by atoms with Gasteiger partial charge in [0.05, 0.1) is 43.5 Å². The molecule has 0 unspecified atom stereocenters. The molecule has 0 saturated carbocycles. The molecule has 0 bridgehead atoms. The zero-order valence-corrected chi connectivity index (χ0v) is 15.4. The van der Waals surface area contributed by atoms with Gasteiger partial charge in [0, 0.05) is 5.56 Å². The lowest BCUT2D eigenvalue weighted by Gasteiger charge is -2.26. The second-order valence-corrected chi connectivity index (χ2v) is 6.99. The van der Waals surface area contributed by atoms with Crippen molar-refractivity contribution in [2.45, 2.75) is 6.54 Å². The Kier molecular flexibility index (Phi) is 5.01. The fraction of sp³-hybridized carbons (Fsp3) is 0.250. The van der Waals surface area contributed by atoms with Gasteiger partial charge in [0.25, 0.3) is 0 Å². The van der Waals surface area contributed by atoms with Crippen LogP contribution < -0.4 is 0 Å². The number of nitrogens with zero attached hydrogens (tertiary/aromatic N) is 4. The number of aliphatic hydroxyl groups excluding tert-OH is 3. The zero-order chi connectivity index (χ0) is 20.4. The van der Waals surface area contributed by atoms with Crippen molar-refractivity contribution in [2.24, 2.45) is 5.41 Å². The molecule has 0 fully saturated rings. The number of phenols is 1. The standard InChI is InChI=1S/C20H20N4O5/c25-10-20(11-26,12-27)9-24-8-16(22-23-24)13-5-6-14(17(28)7-13)19-21-15-3-1-2-4-18(15)29-19/h1-8,25-28H,9-12H2. The van der Waals surface area contributed by atoms with Crippen LogP contribution in [0, 0.1) is 5.41 Å². The maximum absolute atomic E-state index is 10.5. The van der Waals surface area contributed by atoms with E-state index in [-0.39, 0.29) is 12.3 Å². The number of hydrogen-bond acceptors (Lipinski definition) is 8. The number of aromatic hydroxyl groups is 1. The Morgan fingerprint density at radius 2 is 1.76 bits per heavy atom. The summed E-state index contributed by atoms with van der Waals surface area (Å²) < 4.78 is 7.14. The molecule has 4 N–H and O–H groups in total. The summed E-state index contributed by atoms with van der Waals surface area (Å²) in [5.74, 6) is 0.302. The summed E-state index contributed by atoms with van der Waals surface area (Å²) in [4.78, 5) is 4.39. The van der Waals surface area contributed by atoms with Crippen molar-refractivity contribution in [1.82, 2.24) is 20.0 Å². The molecule has 4 aromatic rings. The van der Waals surface area contributed by atoms with Crippen LogP contribution in [0.25, 0.3) is 33.8 Å². The summed E-state index contributed by atoms with van der Waals surface area (Å²) in [6.07, 6.45) is 1.61. The summed E-state index contributed by atoms with van der Waals surface area (Å²) in [5.41, 5.74) is 1.81. The van der Waals surface area contributed by atoms with Crippen LogP contribution in [-0.2, 0) is 6.54 Å². The molecule has 0 aliphatic carbocycles. The van der Waals surface area contributed by atoms with Crippen LogP contribution >= 0.6 is 0 Å². The van der Waals surface area contributed by atoms with Crippen LogP contribution in [0.5, 0.6) is 5.75 Å². The molecule has 0 aliphatic rings. The Morgan fingerprint density at radius 1 is 1.00 bits per heavy atom. The first kappa shape index (κ1) is 19.1. The molecule has 0 atom stereocenters. The van der Waals surface area contributed by atoms with Crippen LogP contribution in [-0.4, -0.2) is 60.2 Å². The molecule has 4 rings (SSSR count). The molecule has 0 radical (unpaired) electrons. The summed E-state index contributed by atoms with van der Waals surface area (Å²) in [5, 5.41) is 46.9. The number of hydrogen-bond donors (Lipinski definition) is 4. The second kappa shape index (κ2) is 7.63. The van der Waals surface area contributed by atoms with Gasteiger partial charge < -0.3 is 24.8 Å². The molecule has 0 saturated heterocycles. The van der Waals surface area contributed by atoms with E-state index in [1.807, 2.05) is 18.2 Å². The van der Waals surface area contributed by atoms with E-state index >= 15 is 0 Å². The molecular formula is C20H20N4O5. The molecule has 0 amide bonds. The van der Waals surface area contributed by atoms with Gasteiger partial charge in [-0.2, -0.15) is 0 Å². The first-order valence-electron chi connectivity index (χ1n) is 8.99. The molecule has 2 aromatic carbocycles. The number of fused-ring (bicyclic) bond motifs is 1. The number of rotatable bonds is 7. The summed E-state index contributed by atoms with van der Waals surface area (Å²) >= 11 is 0. The fourth-order valence-electron chi connectivity index (χ4n) is 3.01. The number of aliphatic hydroxyl groups is 3. The third-order valence-corrected chi connectivity index (χ3v) is 4.86. The Labute approximate surface area is 165 Å². The molecule has 9 nitrogen and oxygen atoms in total. The Hall–Kier alpha value is -3.27. The molecule has 2 heterocycles. The van der Waals surface area contributed by atoms with Gasteiger partial charge in [-0.3, -0.25) is 4.68 Å². The van der Waals surface area contributed by atoms with E-state index in [9.17, 15) is 20.4 Å². The average molecular weight is 396 g/mol. The number of aromatic nitrogens is 4. The Bertz CT molecular complexity index is 1090. The highest BCUT2D eigenvalue weighted by Gasteiger charge is 2.29. The number of oxazole rings is 1. The van der Waals surface area contributed by atoms with Crippen molar-refractivity contribution in [3.63, 3.8) is 0 Å². The highest BCUT2D eigenvalue weighted by molar-refractivity contribution is 5.78. The Morgan fingerprint density at radius 3 is 2.45 bits per heavy atom. The minimum Gasteiger partial charge on any atom is -0.507 e. The van der Waals surface area contributed by atoms with Crippen molar-refractivity contribution in [3.05, 3.63) is 48.7 Å². The van der Waals surface area contributed by atoms with Crippen molar-refractivity contribution >= 4 is 11.1 Å². The second-order valence-electron chi connectivity index (χ2n) is 6.99. The van der Waals surface area contributed by atoms with Gasteiger partial charge in [0.2, 0.25) is 5.89 Å². The minimum atomic E-state index is -1.09. The normalized spacial score (nSPS) is 12.0.